The van der Waals surface area contributed by atoms with E-state index in [1.54, 1.807) is 31.4 Å². The van der Waals surface area contributed by atoms with E-state index in [4.69, 9.17) is 29.7 Å². The van der Waals surface area contributed by atoms with Crippen LogP contribution in [-0.4, -0.2) is 91.1 Å². The van der Waals surface area contributed by atoms with Crippen LogP contribution in [0.25, 0.3) is 33.9 Å². The van der Waals surface area contributed by atoms with Gasteiger partial charge in [0.05, 0.1) is 57.6 Å². The summed E-state index contributed by atoms with van der Waals surface area (Å²) in [4.78, 5) is 43.8. The van der Waals surface area contributed by atoms with Gasteiger partial charge in [0.2, 0.25) is 0 Å². The van der Waals surface area contributed by atoms with Crippen LogP contribution in [0, 0.1) is 0 Å². The molecule has 0 saturated heterocycles. The molecule has 12 nitrogen and oxygen atoms in total. The van der Waals surface area contributed by atoms with Crippen molar-refractivity contribution in [2.45, 2.75) is 26.0 Å². The third-order valence-corrected chi connectivity index (χ3v) is 8.76. The van der Waals surface area contributed by atoms with E-state index in [1.807, 2.05) is 65.2 Å². The van der Waals surface area contributed by atoms with E-state index in [0.29, 0.717) is 80.8 Å². The normalized spacial score (nSPS) is 11.1. The lowest BCUT2D eigenvalue weighted by atomic mass is 10.0. The van der Waals surface area contributed by atoms with E-state index in [2.05, 4.69) is 0 Å². The minimum absolute atomic E-state index is 0.00101. The molecule has 0 bridgehead atoms. The van der Waals surface area contributed by atoms with Gasteiger partial charge in [-0.3, -0.25) is 9.59 Å². The molecule has 5 rings (SSSR count). The Morgan fingerprint density at radius 2 is 1.35 bits per heavy atom. The molecule has 0 amide bonds. The Morgan fingerprint density at radius 3 is 1.98 bits per heavy atom. The molecule has 12 heteroatoms. The van der Waals surface area contributed by atoms with Gasteiger partial charge in [-0.1, -0.05) is 48.5 Å². The maximum absolute atomic E-state index is 13.0. The van der Waals surface area contributed by atoms with Crippen LogP contribution in [0.3, 0.4) is 0 Å². The third kappa shape index (κ3) is 9.92. The molecule has 0 unspecified atom stereocenters. The number of nitrogens with two attached hydrogens (primary N) is 1. The molecular formula is C42H45N3O9. The van der Waals surface area contributed by atoms with Crippen LogP contribution in [-0.2, 0) is 27.4 Å². The molecule has 0 atom stereocenters. The first-order chi connectivity index (χ1) is 26.3. The number of methoxy groups -OCH3 is 2. The fourth-order valence-corrected chi connectivity index (χ4v) is 5.95. The van der Waals surface area contributed by atoms with Gasteiger partial charge in [0, 0.05) is 53.9 Å². The highest BCUT2D eigenvalue weighted by atomic mass is 16.5. The second-order valence-corrected chi connectivity index (χ2v) is 12.4. The molecule has 0 spiro atoms. The Labute approximate surface area is 314 Å². The van der Waals surface area contributed by atoms with Crippen molar-refractivity contribution in [2.75, 3.05) is 53.8 Å². The van der Waals surface area contributed by atoms with Crippen molar-refractivity contribution in [1.82, 2.24) is 9.55 Å². The maximum Gasteiger partial charge on any atom is 0.337 e. The molecule has 0 fully saturated rings. The molecule has 1 heterocycles. The van der Waals surface area contributed by atoms with Gasteiger partial charge in [-0.2, -0.15) is 0 Å². The number of nitrogens with zero attached hydrogens (tertiary/aromatic N) is 2. The molecule has 0 radical (unpaired) electrons. The van der Waals surface area contributed by atoms with Crippen molar-refractivity contribution >= 4 is 17.5 Å². The molecule has 0 aliphatic heterocycles. The van der Waals surface area contributed by atoms with Crippen LogP contribution in [0.1, 0.15) is 55.0 Å². The Hall–Kier alpha value is -5.50. The quantitative estimate of drug-likeness (QED) is 0.0535. The second-order valence-electron chi connectivity index (χ2n) is 12.4. The molecule has 4 aromatic carbocycles. The van der Waals surface area contributed by atoms with E-state index in [0.717, 1.165) is 27.9 Å². The number of benzene rings is 4. The second kappa shape index (κ2) is 19.5. The summed E-state index contributed by atoms with van der Waals surface area (Å²) in [7, 11) is 2.85. The highest BCUT2D eigenvalue weighted by Gasteiger charge is 2.24. The maximum atomic E-state index is 13.0. The lowest BCUT2D eigenvalue weighted by Crippen LogP contribution is -2.12. The Bertz CT molecular complexity index is 1990. The van der Waals surface area contributed by atoms with Gasteiger partial charge in [0.25, 0.3) is 0 Å². The molecule has 282 valence electrons. The van der Waals surface area contributed by atoms with Crippen LogP contribution >= 0.6 is 0 Å². The minimum atomic E-state index is -0.750. The topological polar surface area (TPSA) is 172 Å². The highest BCUT2D eigenvalue weighted by Crippen LogP contribution is 2.38. The molecule has 5 aromatic rings. The first-order valence-corrected chi connectivity index (χ1v) is 17.6. The van der Waals surface area contributed by atoms with Crippen LogP contribution in [0.4, 0.5) is 0 Å². The van der Waals surface area contributed by atoms with Crippen LogP contribution in [0.15, 0.2) is 91.0 Å². The molecule has 0 aliphatic carbocycles. The summed E-state index contributed by atoms with van der Waals surface area (Å²) < 4.78 is 23.3. The molecule has 0 saturated carbocycles. The zero-order chi connectivity index (χ0) is 38.5. The predicted octanol–water partition coefficient (Wildman–Crippen LogP) is 5.35. The van der Waals surface area contributed by atoms with E-state index in [1.165, 1.54) is 13.2 Å². The number of carbonyl (C=O) groups is 3. The number of aromatic nitrogens is 2. The lowest BCUT2D eigenvalue weighted by Gasteiger charge is -2.15. The number of hydrogen-bond acceptors (Lipinski definition) is 11. The van der Waals surface area contributed by atoms with Gasteiger partial charge in [0.15, 0.2) is 11.6 Å². The number of carbonyl (C=O) groups excluding carboxylic acids is 3. The Kier molecular flexibility index (Phi) is 14.4. The average Bonchev–Trinajstić information content (AvgIpc) is 3.59. The fraction of sp³-hybridized carbons (Fsp3) is 0.286. The number of ketones is 2. The van der Waals surface area contributed by atoms with E-state index in [9.17, 15) is 24.6 Å². The third-order valence-electron chi connectivity index (χ3n) is 8.76. The summed E-state index contributed by atoms with van der Waals surface area (Å²) >= 11 is 0. The summed E-state index contributed by atoms with van der Waals surface area (Å²) in [5.41, 5.74) is 11.2. The first-order valence-electron chi connectivity index (χ1n) is 17.6. The van der Waals surface area contributed by atoms with E-state index >= 15 is 0 Å². The predicted molar refractivity (Wildman–Crippen MR) is 204 cm³/mol. The minimum Gasteiger partial charge on any atom is -0.497 e. The van der Waals surface area contributed by atoms with Gasteiger partial charge in [-0.15, -0.1) is 0 Å². The lowest BCUT2D eigenvalue weighted by molar-refractivity contribution is 0.0489. The van der Waals surface area contributed by atoms with Crippen molar-refractivity contribution in [3.63, 3.8) is 0 Å². The van der Waals surface area contributed by atoms with Crippen LogP contribution in [0.2, 0.25) is 0 Å². The summed E-state index contributed by atoms with van der Waals surface area (Å²) in [5, 5.41) is 19.5. The Balaban J connectivity index is 1.57. The summed E-state index contributed by atoms with van der Waals surface area (Å²) in [6.45, 7) is 1.71. The summed E-state index contributed by atoms with van der Waals surface area (Å²) in [5.74, 6) is -0.117. The first kappa shape index (κ1) is 39.7. The number of hydrogen-bond donors (Lipinski definition) is 3. The van der Waals surface area contributed by atoms with Gasteiger partial charge >= 0.3 is 5.97 Å². The van der Waals surface area contributed by atoms with E-state index in [-0.39, 0.29) is 23.5 Å². The number of aliphatic hydroxyl groups is 2. The number of aliphatic hydroxyl groups excluding tert-OH is 2. The average molecular weight is 736 g/mol. The zero-order valence-corrected chi connectivity index (χ0v) is 30.5. The van der Waals surface area contributed by atoms with Gasteiger partial charge in [0.1, 0.15) is 18.2 Å². The van der Waals surface area contributed by atoms with Gasteiger partial charge in [-0.25, -0.2) is 9.78 Å². The van der Waals surface area contributed by atoms with Crippen molar-refractivity contribution in [1.29, 1.82) is 0 Å². The number of imidazole rings is 1. The van der Waals surface area contributed by atoms with Crippen LogP contribution in [0.5, 0.6) is 5.75 Å². The van der Waals surface area contributed by atoms with Crippen molar-refractivity contribution in [3.05, 3.63) is 119 Å². The van der Waals surface area contributed by atoms with E-state index < -0.39 is 18.4 Å². The molecular weight excluding hydrogens is 690 g/mol. The SMILES string of the molecule is COC(=O)c1cc(C(=O)CO)cc(-c2nc(-c3ccc(CO)cc3)c(-c3ccc(OC)cc3)n2Cc2ccc(C(=O)CCCOCCOCCN)cc2)c1. The number of rotatable bonds is 20. The van der Waals surface area contributed by atoms with Crippen molar-refractivity contribution in [3.8, 4) is 39.7 Å². The molecule has 4 N–H and O–H groups in total. The Morgan fingerprint density at radius 1 is 0.704 bits per heavy atom. The molecule has 0 aliphatic rings. The highest BCUT2D eigenvalue weighted by molar-refractivity contribution is 6.01. The largest absolute Gasteiger partial charge is 0.497 e. The zero-order valence-electron chi connectivity index (χ0n) is 30.5. The number of esters is 1. The molecule has 1 aromatic heterocycles. The summed E-state index contributed by atoms with van der Waals surface area (Å²) in [6.07, 6.45) is 0.911. The number of ether oxygens (including phenoxy) is 4. The monoisotopic (exact) mass is 735 g/mol. The standard InChI is InChI=1S/C42H45N3O9/c1-51-36-15-13-32(14-16-36)40-39(31-11-7-29(26-46)8-12-31)44-41(34-22-33(38(49)27-47)23-35(24-34)42(50)52-2)45(40)25-28-5-9-30(10-6-28)37(48)4-3-18-53-20-21-54-19-17-43/h5-16,22-24,46-47H,3-4,17-21,25-27,43H2,1-2H3. The fourth-order valence-electron chi connectivity index (χ4n) is 5.95. The van der Waals surface area contributed by atoms with Gasteiger partial charge in [-0.05, 0) is 60.0 Å². The van der Waals surface area contributed by atoms with Crippen molar-refractivity contribution < 1.29 is 43.5 Å². The number of Topliss-reactive ketones (excluding diaryl/α,β-unsaturated/α-hetero) is 2. The molecule has 54 heavy (non-hydrogen) atoms. The summed E-state index contributed by atoms with van der Waals surface area (Å²) in [6, 6.07) is 26.9. The smallest absolute Gasteiger partial charge is 0.337 e. The van der Waals surface area contributed by atoms with Crippen molar-refractivity contribution in [2.24, 2.45) is 5.73 Å². The van der Waals surface area contributed by atoms with Gasteiger partial charge < -0.3 is 39.5 Å². The van der Waals surface area contributed by atoms with Crippen LogP contribution < -0.4 is 10.5 Å².